The number of halogens is 1. The van der Waals surface area contributed by atoms with Gasteiger partial charge < -0.3 is 15.0 Å². The number of morpholine rings is 1. The molecule has 0 saturated carbocycles. The largest absolute Gasteiger partial charge is 0.368 e. The summed E-state index contributed by atoms with van der Waals surface area (Å²) < 4.78 is 19.7. The van der Waals surface area contributed by atoms with Crippen LogP contribution in [0.2, 0.25) is 0 Å². The fourth-order valence-electron chi connectivity index (χ4n) is 3.23. The predicted molar refractivity (Wildman–Crippen MR) is 107 cm³/mol. The number of hydrogen-bond donors (Lipinski definition) is 1. The van der Waals surface area contributed by atoms with Crippen molar-refractivity contribution in [3.05, 3.63) is 84.1 Å². The number of anilines is 2. The number of nitrogens with one attached hydrogen (secondary N) is 1. The first-order valence-corrected chi connectivity index (χ1v) is 9.46. The third kappa shape index (κ3) is 4.75. The van der Waals surface area contributed by atoms with Crippen molar-refractivity contribution < 1.29 is 13.9 Å². The van der Waals surface area contributed by atoms with E-state index in [9.17, 15) is 9.18 Å². The van der Waals surface area contributed by atoms with Gasteiger partial charge in [0.1, 0.15) is 17.7 Å². The number of ether oxygens (including phenoxy) is 1. The molecule has 6 nitrogen and oxygen atoms in total. The molecule has 7 heteroatoms. The Bertz CT molecular complexity index is 966. The molecular weight excluding hydrogens is 371 g/mol. The highest BCUT2D eigenvalue weighted by molar-refractivity contribution is 5.79. The molecule has 1 amide bonds. The summed E-state index contributed by atoms with van der Waals surface area (Å²) in [6.45, 7) is 1.31. The third-order valence-corrected chi connectivity index (χ3v) is 4.77. The quantitative estimate of drug-likeness (QED) is 0.720. The van der Waals surface area contributed by atoms with E-state index in [-0.39, 0.29) is 24.2 Å². The maximum atomic E-state index is 13.8. The molecule has 0 spiro atoms. The van der Waals surface area contributed by atoms with Gasteiger partial charge in [0.05, 0.1) is 37.2 Å². The summed E-state index contributed by atoms with van der Waals surface area (Å²) in [4.78, 5) is 23.0. The third-order valence-electron chi connectivity index (χ3n) is 4.77. The van der Waals surface area contributed by atoms with E-state index in [2.05, 4.69) is 15.3 Å². The molecule has 4 rings (SSSR count). The average Bonchev–Trinajstić information content (AvgIpc) is 2.77. The maximum Gasteiger partial charge on any atom is 0.227 e. The van der Waals surface area contributed by atoms with E-state index in [1.807, 2.05) is 30.3 Å². The van der Waals surface area contributed by atoms with Gasteiger partial charge in [-0.15, -0.1) is 0 Å². The van der Waals surface area contributed by atoms with Crippen molar-refractivity contribution in [2.45, 2.75) is 12.5 Å². The van der Waals surface area contributed by atoms with Gasteiger partial charge in [0.25, 0.3) is 0 Å². The first-order chi connectivity index (χ1) is 14.2. The number of nitrogens with zero attached hydrogens (tertiary/aromatic N) is 3. The molecule has 1 fully saturated rings. The zero-order chi connectivity index (χ0) is 20.1. The van der Waals surface area contributed by atoms with E-state index in [0.717, 1.165) is 17.2 Å². The smallest absolute Gasteiger partial charge is 0.227 e. The van der Waals surface area contributed by atoms with Gasteiger partial charge in [-0.2, -0.15) is 0 Å². The Morgan fingerprint density at radius 1 is 1.14 bits per heavy atom. The molecule has 1 aliphatic heterocycles. The van der Waals surface area contributed by atoms with Gasteiger partial charge in [-0.25, -0.2) is 9.37 Å². The fraction of sp³-hybridized carbons (Fsp3) is 0.227. The molecule has 2 aromatic heterocycles. The van der Waals surface area contributed by atoms with Gasteiger partial charge in [-0.05, 0) is 35.9 Å². The molecule has 1 saturated heterocycles. The van der Waals surface area contributed by atoms with Crippen molar-refractivity contribution in [2.24, 2.45) is 0 Å². The summed E-state index contributed by atoms with van der Waals surface area (Å²) in [5.74, 6) is 0.265. The number of carbonyl (C=O) groups is 1. The van der Waals surface area contributed by atoms with Crippen molar-refractivity contribution in [2.75, 3.05) is 25.0 Å². The second-order valence-electron chi connectivity index (χ2n) is 6.78. The molecule has 0 aliphatic carbocycles. The maximum absolute atomic E-state index is 13.8. The lowest BCUT2D eigenvalue weighted by Gasteiger charge is -2.32. The lowest BCUT2D eigenvalue weighted by molar-refractivity contribution is -0.138. The molecule has 3 aromatic rings. The topological polar surface area (TPSA) is 67.3 Å². The number of hydrogen-bond acceptors (Lipinski definition) is 5. The molecule has 1 aromatic carbocycles. The molecule has 148 valence electrons. The van der Waals surface area contributed by atoms with Crippen LogP contribution in [-0.4, -0.2) is 40.5 Å². The van der Waals surface area contributed by atoms with Crippen molar-refractivity contribution in [3.8, 4) is 0 Å². The minimum absolute atomic E-state index is 0.0414. The number of amides is 1. The number of pyridine rings is 2. The predicted octanol–water partition coefficient (Wildman–Crippen LogP) is 3.50. The number of rotatable bonds is 5. The van der Waals surface area contributed by atoms with Crippen molar-refractivity contribution in [1.29, 1.82) is 0 Å². The van der Waals surface area contributed by atoms with Gasteiger partial charge >= 0.3 is 0 Å². The van der Waals surface area contributed by atoms with Crippen LogP contribution >= 0.6 is 0 Å². The van der Waals surface area contributed by atoms with Crippen LogP contribution in [0.4, 0.5) is 15.9 Å². The summed E-state index contributed by atoms with van der Waals surface area (Å²) in [5.41, 5.74) is 1.97. The molecule has 0 unspecified atom stereocenters. The SMILES string of the molecule is O=C(Cc1ccccc1F)N1CCO[C@@H](c2ccc(Nc3ccccn3)cn2)C1. The summed E-state index contributed by atoms with van der Waals surface area (Å²) in [6, 6.07) is 15.8. The Hall–Kier alpha value is -3.32. The van der Waals surface area contributed by atoms with E-state index >= 15 is 0 Å². The highest BCUT2D eigenvalue weighted by Crippen LogP contribution is 2.23. The fourth-order valence-corrected chi connectivity index (χ4v) is 3.23. The van der Waals surface area contributed by atoms with Gasteiger partial charge in [0, 0.05) is 12.7 Å². The van der Waals surface area contributed by atoms with E-state index in [1.165, 1.54) is 6.07 Å². The molecule has 0 bridgehead atoms. The minimum Gasteiger partial charge on any atom is -0.368 e. The molecule has 29 heavy (non-hydrogen) atoms. The zero-order valence-corrected chi connectivity index (χ0v) is 15.8. The summed E-state index contributed by atoms with van der Waals surface area (Å²) in [7, 11) is 0. The Labute approximate surface area is 168 Å². The van der Waals surface area contributed by atoms with Crippen molar-refractivity contribution in [3.63, 3.8) is 0 Å². The lowest BCUT2D eigenvalue weighted by Crippen LogP contribution is -2.43. The Morgan fingerprint density at radius 3 is 2.76 bits per heavy atom. The highest BCUT2D eigenvalue weighted by Gasteiger charge is 2.26. The second kappa shape index (κ2) is 8.79. The average molecular weight is 392 g/mol. The standard InChI is InChI=1S/C22H21FN4O2/c23-18-6-2-1-5-16(18)13-22(28)27-11-12-29-20(15-27)19-9-8-17(14-25-19)26-21-7-3-4-10-24-21/h1-10,14,20H,11-13,15H2,(H,24,26)/t20-/m1/s1. The van der Waals surface area contributed by atoms with Crippen LogP contribution in [0.15, 0.2) is 67.0 Å². The van der Waals surface area contributed by atoms with E-state index in [1.54, 1.807) is 35.5 Å². The van der Waals surface area contributed by atoms with Gasteiger partial charge in [-0.1, -0.05) is 24.3 Å². The van der Waals surface area contributed by atoms with Crippen molar-refractivity contribution in [1.82, 2.24) is 14.9 Å². The summed E-state index contributed by atoms with van der Waals surface area (Å²) in [5, 5.41) is 3.18. The van der Waals surface area contributed by atoms with Crippen LogP contribution in [0.1, 0.15) is 17.4 Å². The molecule has 1 N–H and O–H groups in total. The number of benzene rings is 1. The lowest BCUT2D eigenvalue weighted by atomic mass is 10.1. The van der Waals surface area contributed by atoms with Crippen LogP contribution in [0.5, 0.6) is 0 Å². The number of carbonyl (C=O) groups excluding carboxylic acids is 1. The molecule has 0 radical (unpaired) electrons. The first kappa shape index (κ1) is 19.0. The number of aromatic nitrogens is 2. The first-order valence-electron chi connectivity index (χ1n) is 9.46. The van der Waals surface area contributed by atoms with E-state index in [0.29, 0.717) is 25.3 Å². The zero-order valence-electron chi connectivity index (χ0n) is 15.8. The van der Waals surface area contributed by atoms with Crippen LogP contribution < -0.4 is 5.32 Å². The summed E-state index contributed by atoms with van der Waals surface area (Å²) in [6.07, 6.45) is 3.16. The Kier molecular flexibility index (Phi) is 5.76. The van der Waals surface area contributed by atoms with Crippen LogP contribution in [0.25, 0.3) is 0 Å². The summed E-state index contributed by atoms with van der Waals surface area (Å²) >= 11 is 0. The van der Waals surface area contributed by atoms with Crippen molar-refractivity contribution >= 4 is 17.4 Å². The highest BCUT2D eigenvalue weighted by atomic mass is 19.1. The Balaban J connectivity index is 1.39. The van der Waals surface area contributed by atoms with Crippen LogP contribution in [-0.2, 0) is 16.0 Å². The molecular formula is C22H21FN4O2. The monoisotopic (exact) mass is 392 g/mol. The molecule has 1 atom stereocenters. The molecule has 1 aliphatic rings. The van der Waals surface area contributed by atoms with E-state index < -0.39 is 0 Å². The minimum atomic E-state index is -0.358. The van der Waals surface area contributed by atoms with Gasteiger partial charge in [-0.3, -0.25) is 9.78 Å². The van der Waals surface area contributed by atoms with Gasteiger partial charge in [0.2, 0.25) is 5.91 Å². The van der Waals surface area contributed by atoms with Gasteiger partial charge in [0.15, 0.2) is 0 Å². The van der Waals surface area contributed by atoms with E-state index in [4.69, 9.17) is 4.74 Å². The Morgan fingerprint density at radius 2 is 2.00 bits per heavy atom. The van der Waals surface area contributed by atoms with Crippen LogP contribution in [0, 0.1) is 5.82 Å². The second-order valence-corrected chi connectivity index (χ2v) is 6.78. The normalized spacial score (nSPS) is 16.4. The van der Waals surface area contributed by atoms with Crippen LogP contribution in [0.3, 0.4) is 0 Å². The molecule has 3 heterocycles.